The van der Waals surface area contributed by atoms with E-state index in [1.807, 2.05) is 0 Å². The van der Waals surface area contributed by atoms with E-state index in [-0.39, 0.29) is 30.5 Å². The fraction of sp³-hybridized carbons (Fsp3) is 0.536. The fourth-order valence-corrected chi connectivity index (χ4v) is 4.46. The molecule has 0 aliphatic carbocycles. The first kappa shape index (κ1) is 38.4. The molecule has 1 aromatic carbocycles. The van der Waals surface area contributed by atoms with E-state index in [2.05, 4.69) is 20.4 Å². The van der Waals surface area contributed by atoms with Gasteiger partial charge >= 0.3 is 0 Å². The van der Waals surface area contributed by atoms with E-state index >= 15 is 0 Å². The van der Waals surface area contributed by atoms with Gasteiger partial charge in [-0.1, -0.05) is 24.3 Å². The molecule has 3 heterocycles. The maximum Gasteiger partial charge on any atom is 0.260 e. The Balaban J connectivity index is 0.000000342. The zero-order valence-electron chi connectivity index (χ0n) is 26.0. The number of aliphatic imine (C=N–C) groups is 1. The van der Waals surface area contributed by atoms with Crippen LogP contribution in [0.25, 0.3) is 16.6 Å². The first-order valence-electron chi connectivity index (χ1n) is 14.1. The second-order valence-corrected chi connectivity index (χ2v) is 11.0. The zero-order chi connectivity index (χ0) is 34.3. The van der Waals surface area contributed by atoms with Crippen LogP contribution in [0.2, 0.25) is 5.21 Å². The van der Waals surface area contributed by atoms with Crippen LogP contribution in [-0.2, 0) is 6.42 Å². The number of aromatic nitrogens is 3. The number of fused-ring (bicyclic) bond motifs is 1. The van der Waals surface area contributed by atoms with Gasteiger partial charge in [0.15, 0.2) is 5.82 Å². The van der Waals surface area contributed by atoms with E-state index < -0.39 is 41.0 Å². The first-order chi connectivity index (χ1) is 20.7. The molecule has 1 aliphatic heterocycles. The molecule has 0 atom stereocenters. The van der Waals surface area contributed by atoms with Crippen LogP contribution in [0.4, 0.5) is 38.0 Å². The highest BCUT2D eigenvalue weighted by Gasteiger charge is 2.38. The Labute approximate surface area is 267 Å². The Morgan fingerprint density at radius 2 is 1.76 bits per heavy atom. The van der Waals surface area contributed by atoms with Crippen LogP contribution < -0.4 is 5.32 Å². The number of hydrogen-bond acceptors (Lipinski definition) is 5. The number of aryl methyl sites for hydroxylation is 1. The van der Waals surface area contributed by atoms with Gasteiger partial charge < -0.3 is 10.2 Å². The number of alkyl halides is 4. The first-order valence-corrected chi connectivity index (χ1v) is 14.1. The van der Waals surface area contributed by atoms with Gasteiger partial charge in [0.25, 0.3) is 5.92 Å². The van der Waals surface area contributed by atoms with Crippen molar-refractivity contribution in [2.24, 2.45) is 4.99 Å². The van der Waals surface area contributed by atoms with Crippen molar-refractivity contribution in [3.05, 3.63) is 41.2 Å². The average molecular weight is 622 g/mol. The Morgan fingerprint density at radius 3 is 2.20 bits per heavy atom. The van der Waals surface area contributed by atoms with Crippen molar-refractivity contribution in [3.8, 4) is 11.1 Å². The van der Waals surface area contributed by atoms with Crippen LogP contribution in [0.1, 0.15) is 51.3 Å². The molecule has 0 amide bonds. The van der Waals surface area contributed by atoms with Gasteiger partial charge in [-0.2, -0.15) is 0 Å². The summed E-state index contributed by atoms with van der Waals surface area (Å²) in [5.41, 5.74) is 2.21. The molecule has 17 heteroatoms. The highest BCUT2D eigenvalue weighted by atomic mass is 19.3. The van der Waals surface area contributed by atoms with Crippen LogP contribution in [-0.4, -0.2) is 103 Å². The summed E-state index contributed by atoms with van der Waals surface area (Å²) < 4.78 is 78.0. The van der Waals surface area contributed by atoms with Crippen molar-refractivity contribution in [3.63, 3.8) is 0 Å². The number of hydrogen-bond donors (Lipinski definition) is 1. The van der Waals surface area contributed by atoms with Crippen LogP contribution in [0.3, 0.4) is 0 Å². The Morgan fingerprint density at radius 1 is 1.13 bits per heavy atom. The third kappa shape index (κ3) is 11.2. The topological polar surface area (TPSA) is 57.8 Å². The maximum absolute atomic E-state index is 14.9. The van der Waals surface area contributed by atoms with Crippen molar-refractivity contribution >= 4 is 62.6 Å². The van der Waals surface area contributed by atoms with Crippen LogP contribution in [0.15, 0.2) is 23.3 Å². The van der Waals surface area contributed by atoms with E-state index in [9.17, 15) is 26.3 Å². The molecular formula is C28H33B5F6N6. The smallest absolute Gasteiger partial charge is 0.260 e. The lowest BCUT2D eigenvalue weighted by Crippen LogP contribution is -2.57. The summed E-state index contributed by atoms with van der Waals surface area (Å²) in [6.45, 7) is 6.50. The summed E-state index contributed by atoms with van der Waals surface area (Å²) in [5, 5.41) is 4.38. The maximum atomic E-state index is 14.9. The molecule has 6 nitrogen and oxygen atoms in total. The number of halogens is 6. The number of nitrogens with zero attached hydrogens (tertiary/aromatic N) is 5. The third-order valence-electron chi connectivity index (χ3n) is 6.48. The second kappa shape index (κ2) is 15.6. The predicted octanol–water partition coefficient (Wildman–Crippen LogP) is 5.26. The Kier molecular flexibility index (Phi) is 13.3. The van der Waals surface area contributed by atoms with E-state index in [1.165, 1.54) is 34.8 Å². The number of nitrogens with one attached hydrogen (secondary N) is 1. The molecule has 232 valence electrons. The average Bonchev–Trinajstić information content (AvgIpc) is 3.25. The van der Waals surface area contributed by atoms with Crippen LogP contribution in [0, 0.1) is 18.6 Å². The number of likely N-dealkylation sites (tertiary alicyclic amines) is 1. The normalized spacial score (nSPS) is 15.5. The molecule has 1 aliphatic rings. The number of anilines is 1. The lowest BCUT2D eigenvalue weighted by molar-refractivity contribution is -0.0652. The summed E-state index contributed by atoms with van der Waals surface area (Å²) in [6, 6.07) is 2.94. The standard InChI is InChI=1S/C19H19B2F2N5.C6H8B3F2N.C3H6F2/c1-5-25-16-10(2)6-11(7-12(16)22)15-13(23)9-28-17(15)14(8-19(3,20)21)26-18(24-4)27-28;7-6(8,9)12-3-1-2-5(10,11)4-12;1-2-3(4)5/h5-7,9H,8H2,1-4H3,(H,24,27);1-4H2;3H,2H2,1H3. The van der Waals surface area contributed by atoms with Gasteiger partial charge in [-0.3, -0.25) is 4.99 Å². The minimum atomic E-state index is -2.71. The second-order valence-electron chi connectivity index (χ2n) is 11.0. The molecule has 45 heavy (non-hydrogen) atoms. The lowest BCUT2D eigenvalue weighted by atomic mass is 9.48. The molecule has 1 saturated heterocycles. The molecule has 3 aromatic rings. The lowest BCUT2D eigenvalue weighted by Gasteiger charge is -2.42. The van der Waals surface area contributed by atoms with E-state index in [0.717, 1.165) is 0 Å². The zero-order valence-corrected chi connectivity index (χ0v) is 26.0. The fourth-order valence-electron chi connectivity index (χ4n) is 4.46. The van der Waals surface area contributed by atoms with Gasteiger partial charge in [-0.05, 0) is 56.5 Å². The molecule has 0 saturated carbocycles. The van der Waals surface area contributed by atoms with Crippen molar-refractivity contribution in [2.45, 2.75) is 76.2 Å². The molecule has 1 fully saturated rings. The van der Waals surface area contributed by atoms with Gasteiger partial charge in [0.05, 0.1) is 63.2 Å². The van der Waals surface area contributed by atoms with Gasteiger partial charge in [0.1, 0.15) is 11.5 Å². The molecule has 0 spiro atoms. The minimum absolute atomic E-state index is 0.0278. The number of piperidine rings is 1. The third-order valence-corrected chi connectivity index (χ3v) is 6.48. The van der Waals surface area contributed by atoms with Crippen molar-refractivity contribution in [2.75, 3.05) is 25.5 Å². The van der Waals surface area contributed by atoms with Crippen LogP contribution >= 0.6 is 0 Å². The van der Waals surface area contributed by atoms with E-state index in [4.69, 9.17) is 39.2 Å². The number of benzene rings is 1. The van der Waals surface area contributed by atoms with E-state index in [0.29, 0.717) is 41.3 Å². The van der Waals surface area contributed by atoms with Gasteiger partial charge in [0.2, 0.25) is 12.4 Å². The van der Waals surface area contributed by atoms with E-state index in [1.54, 1.807) is 33.9 Å². The highest BCUT2D eigenvalue weighted by Crippen LogP contribution is 2.37. The summed E-state index contributed by atoms with van der Waals surface area (Å²) >= 11 is 0. The molecule has 4 rings (SSSR count). The Hall–Kier alpha value is -2.83. The van der Waals surface area contributed by atoms with Gasteiger partial charge in [-0.15, -0.1) is 5.10 Å². The minimum Gasteiger partial charge on any atom is -0.356 e. The predicted molar refractivity (Wildman–Crippen MR) is 172 cm³/mol. The quantitative estimate of drug-likeness (QED) is 0.222. The summed E-state index contributed by atoms with van der Waals surface area (Å²) in [4.78, 5) is 9.64. The number of rotatable bonds is 7. The molecular weight excluding hydrogens is 588 g/mol. The van der Waals surface area contributed by atoms with Crippen LogP contribution in [0.5, 0.6) is 0 Å². The van der Waals surface area contributed by atoms with Crippen molar-refractivity contribution in [1.82, 2.24) is 19.5 Å². The molecule has 2 aromatic heterocycles. The monoisotopic (exact) mass is 622 g/mol. The Bertz CT molecular complexity index is 1430. The SMILES string of the molecule is CCC(F)F.[B]C([B])(C)Cc1nc(NC)nn2cc(F)c(-c3cc(C)c(N=CC)c(F)c3)c12.[B]C([B])([B])N1CCCC(F)(F)C1. The molecule has 0 unspecified atom stereocenters. The molecule has 1 N–H and O–H groups in total. The molecule has 10 radical (unpaired) electrons. The highest BCUT2D eigenvalue weighted by molar-refractivity contribution is 6.59. The molecule has 0 bridgehead atoms. The van der Waals surface area contributed by atoms with Crippen molar-refractivity contribution in [1.29, 1.82) is 0 Å². The largest absolute Gasteiger partial charge is 0.356 e. The van der Waals surface area contributed by atoms with Gasteiger partial charge in [-0.25, -0.2) is 35.8 Å². The summed E-state index contributed by atoms with van der Waals surface area (Å²) in [7, 11) is 29.4. The van der Waals surface area contributed by atoms with Gasteiger partial charge in [0, 0.05) is 31.7 Å². The summed E-state index contributed by atoms with van der Waals surface area (Å²) in [5.74, 6) is -3.50. The summed E-state index contributed by atoms with van der Waals surface area (Å²) in [6.07, 6.45) is 1.03. The van der Waals surface area contributed by atoms with Crippen molar-refractivity contribution < 1.29 is 26.3 Å².